The number of nitrogens with one attached hydrogen (secondary N) is 2. The lowest BCUT2D eigenvalue weighted by Gasteiger charge is -2.62. The van der Waals surface area contributed by atoms with E-state index in [1.165, 1.54) is 48.7 Å². The van der Waals surface area contributed by atoms with E-state index in [0.717, 1.165) is 19.3 Å². The minimum atomic E-state index is -0.450. The first-order valence-corrected chi connectivity index (χ1v) is 11.3. The summed E-state index contributed by atoms with van der Waals surface area (Å²) in [6.07, 6.45) is 8.14. The molecule has 0 heterocycles. The monoisotopic (exact) mass is 432 g/mol. The van der Waals surface area contributed by atoms with Crippen LogP contribution in [-0.4, -0.2) is 22.7 Å². The molecule has 2 aromatic rings. The lowest BCUT2D eigenvalue weighted by molar-refractivity contribution is -0.384. The van der Waals surface area contributed by atoms with Gasteiger partial charge in [-0.2, -0.15) is 5.10 Å². The van der Waals surface area contributed by atoms with Crippen molar-refractivity contribution in [3.05, 3.63) is 75.3 Å². The fraction of sp³-hybridized carbons (Fsp3) is 0.440. The summed E-state index contributed by atoms with van der Waals surface area (Å²) in [5, 5.41) is 18.2. The van der Waals surface area contributed by atoms with Gasteiger partial charge in [0.05, 0.1) is 11.1 Å². The third-order valence-corrected chi connectivity index (χ3v) is 7.56. The van der Waals surface area contributed by atoms with Gasteiger partial charge in [-0.3, -0.25) is 10.1 Å². The molecule has 4 bridgehead atoms. The summed E-state index contributed by atoms with van der Waals surface area (Å²) in [6.45, 7) is 2.12. The predicted molar refractivity (Wildman–Crippen MR) is 123 cm³/mol. The molecule has 7 nitrogen and oxygen atoms in total. The number of amides is 2. The van der Waals surface area contributed by atoms with Crippen molar-refractivity contribution in [1.82, 2.24) is 10.7 Å². The Bertz CT molecular complexity index is 1060. The van der Waals surface area contributed by atoms with E-state index in [0.29, 0.717) is 17.4 Å². The van der Waals surface area contributed by atoms with Gasteiger partial charge in [0.2, 0.25) is 0 Å². The van der Waals surface area contributed by atoms with Crippen molar-refractivity contribution in [3.8, 4) is 0 Å². The normalized spacial score (nSPS) is 30.4. The first kappa shape index (κ1) is 20.7. The molecule has 2 N–H and O–H groups in total. The van der Waals surface area contributed by atoms with Gasteiger partial charge in [-0.15, -0.1) is 0 Å². The Kier molecular flexibility index (Phi) is 4.99. The molecular formula is C25H28N4O3. The molecule has 7 heteroatoms. The number of hydrogen-bond acceptors (Lipinski definition) is 4. The Hall–Kier alpha value is -3.22. The van der Waals surface area contributed by atoms with Crippen molar-refractivity contribution in [2.45, 2.75) is 56.4 Å². The van der Waals surface area contributed by atoms with Gasteiger partial charge >= 0.3 is 6.03 Å². The van der Waals surface area contributed by atoms with Crippen LogP contribution in [0.4, 0.5) is 10.5 Å². The standard InChI is InChI=1S/C25H28N4O3/c1-17-5-7-21(8-6-17)24-11-19-9-20(12-24)14-25(13-19,16-24)27-23(30)28-26-15-18-3-2-4-22(10-18)29(31)32/h2-8,10,15,19-20H,9,11-14,16H2,1H3,(H2,27,28,30)/b26-15-/t19-,20-,24?,25?/m0/s1. The Balaban J connectivity index is 1.29. The molecule has 0 aromatic heterocycles. The maximum Gasteiger partial charge on any atom is 0.335 e. The van der Waals surface area contributed by atoms with Crippen LogP contribution in [0.5, 0.6) is 0 Å². The summed E-state index contributed by atoms with van der Waals surface area (Å²) in [7, 11) is 0. The van der Waals surface area contributed by atoms with E-state index in [1.54, 1.807) is 12.1 Å². The van der Waals surface area contributed by atoms with Crippen LogP contribution in [0.25, 0.3) is 0 Å². The fourth-order valence-corrected chi connectivity index (χ4v) is 6.81. The van der Waals surface area contributed by atoms with Crippen molar-refractivity contribution < 1.29 is 9.72 Å². The van der Waals surface area contributed by atoms with Crippen LogP contribution in [-0.2, 0) is 5.41 Å². The van der Waals surface area contributed by atoms with Crippen LogP contribution in [0.15, 0.2) is 53.6 Å². The Morgan fingerprint density at radius 2 is 1.84 bits per heavy atom. The first-order chi connectivity index (χ1) is 15.3. The highest BCUT2D eigenvalue weighted by atomic mass is 16.6. The summed E-state index contributed by atoms with van der Waals surface area (Å²) >= 11 is 0. The van der Waals surface area contributed by atoms with E-state index >= 15 is 0 Å². The third kappa shape index (κ3) is 3.87. The molecule has 0 aliphatic heterocycles. The average molecular weight is 433 g/mol. The van der Waals surface area contributed by atoms with Gasteiger partial charge in [0.15, 0.2) is 0 Å². The number of hydrazone groups is 1. The molecule has 4 aliphatic carbocycles. The minimum absolute atomic E-state index is 0.00614. The highest BCUT2D eigenvalue weighted by Gasteiger charge is 2.58. The van der Waals surface area contributed by atoms with Crippen molar-refractivity contribution >= 4 is 17.9 Å². The molecule has 6 rings (SSSR count). The number of aryl methyl sites for hydroxylation is 1. The minimum Gasteiger partial charge on any atom is -0.331 e. The topological polar surface area (TPSA) is 96.6 Å². The highest BCUT2D eigenvalue weighted by Crippen LogP contribution is 2.62. The van der Waals surface area contributed by atoms with Crippen LogP contribution in [0.1, 0.15) is 55.2 Å². The molecular weight excluding hydrogens is 404 g/mol. The summed E-state index contributed by atoms with van der Waals surface area (Å²) < 4.78 is 0. The number of benzene rings is 2. The van der Waals surface area contributed by atoms with Crippen LogP contribution in [0.3, 0.4) is 0 Å². The van der Waals surface area contributed by atoms with Crippen molar-refractivity contribution in [3.63, 3.8) is 0 Å². The second-order valence-corrected chi connectivity index (χ2v) is 10.1. The number of nitro groups is 1. The zero-order chi connectivity index (χ0) is 22.3. The fourth-order valence-electron chi connectivity index (χ4n) is 6.81. The third-order valence-electron chi connectivity index (χ3n) is 7.56. The maximum atomic E-state index is 12.7. The summed E-state index contributed by atoms with van der Waals surface area (Å²) in [6, 6.07) is 14.8. The smallest absolute Gasteiger partial charge is 0.331 e. The van der Waals surface area contributed by atoms with Gasteiger partial charge in [0.25, 0.3) is 5.69 Å². The maximum absolute atomic E-state index is 12.7. The zero-order valence-electron chi connectivity index (χ0n) is 18.2. The lowest BCUT2D eigenvalue weighted by Crippen LogP contribution is -2.65. The Labute approximate surface area is 187 Å². The number of hydrogen-bond donors (Lipinski definition) is 2. The molecule has 4 saturated carbocycles. The van der Waals surface area contributed by atoms with Crippen LogP contribution < -0.4 is 10.7 Å². The second-order valence-electron chi connectivity index (χ2n) is 10.1. The van der Waals surface area contributed by atoms with Gasteiger partial charge in [-0.25, -0.2) is 10.2 Å². The van der Waals surface area contributed by atoms with Crippen LogP contribution in [0, 0.1) is 28.9 Å². The van der Waals surface area contributed by atoms with E-state index in [2.05, 4.69) is 47.0 Å². The van der Waals surface area contributed by atoms with E-state index in [9.17, 15) is 14.9 Å². The summed E-state index contributed by atoms with van der Waals surface area (Å²) in [5.41, 5.74) is 5.76. The molecule has 2 atom stereocenters. The summed E-state index contributed by atoms with van der Waals surface area (Å²) in [4.78, 5) is 23.2. The highest BCUT2D eigenvalue weighted by molar-refractivity contribution is 5.82. The number of carbonyl (C=O) groups excluding carboxylic acids is 1. The van der Waals surface area contributed by atoms with Gasteiger partial charge in [-0.1, -0.05) is 42.0 Å². The number of nitrogens with zero attached hydrogens (tertiary/aromatic N) is 2. The molecule has 2 amide bonds. The Morgan fingerprint density at radius 3 is 2.53 bits per heavy atom. The van der Waals surface area contributed by atoms with Gasteiger partial charge in [0, 0.05) is 23.2 Å². The molecule has 0 saturated heterocycles. The molecule has 4 aliphatic rings. The number of nitro benzene ring substituents is 1. The van der Waals surface area contributed by atoms with Crippen LogP contribution >= 0.6 is 0 Å². The quantitative estimate of drug-likeness (QED) is 0.402. The second kappa shape index (κ2) is 7.73. The van der Waals surface area contributed by atoms with Crippen molar-refractivity contribution in [2.75, 3.05) is 0 Å². The van der Waals surface area contributed by atoms with Crippen LogP contribution in [0.2, 0.25) is 0 Å². The molecule has 0 unspecified atom stereocenters. The van der Waals surface area contributed by atoms with E-state index < -0.39 is 4.92 Å². The number of urea groups is 1. The average Bonchev–Trinajstić information content (AvgIpc) is 2.73. The first-order valence-electron chi connectivity index (χ1n) is 11.3. The van der Waals surface area contributed by atoms with Gasteiger partial charge in [-0.05, 0) is 68.3 Å². The zero-order valence-corrected chi connectivity index (χ0v) is 18.2. The lowest BCUT2D eigenvalue weighted by atomic mass is 9.45. The molecule has 166 valence electrons. The molecule has 0 spiro atoms. The largest absolute Gasteiger partial charge is 0.335 e. The number of rotatable bonds is 5. The molecule has 32 heavy (non-hydrogen) atoms. The van der Waals surface area contributed by atoms with Crippen molar-refractivity contribution in [1.29, 1.82) is 0 Å². The van der Waals surface area contributed by atoms with Gasteiger partial charge < -0.3 is 5.32 Å². The SMILES string of the molecule is Cc1ccc(C23C[C@@H]4C[C@H](CC(NC(=O)N/N=C\c5cccc([N+](=O)[O-])c5)(C4)C2)C3)cc1. The summed E-state index contributed by atoms with van der Waals surface area (Å²) in [5.74, 6) is 1.29. The molecule has 2 aromatic carbocycles. The molecule has 0 radical (unpaired) electrons. The molecule has 4 fully saturated rings. The van der Waals surface area contributed by atoms with Crippen molar-refractivity contribution in [2.24, 2.45) is 16.9 Å². The predicted octanol–water partition coefficient (Wildman–Crippen LogP) is 4.83. The van der Waals surface area contributed by atoms with E-state index in [-0.39, 0.29) is 22.7 Å². The Morgan fingerprint density at radius 1 is 1.12 bits per heavy atom. The van der Waals surface area contributed by atoms with Gasteiger partial charge in [0.1, 0.15) is 0 Å². The number of carbonyl (C=O) groups is 1. The number of non-ortho nitro benzene ring substituents is 1. The van der Waals surface area contributed by atoms with E-state index in [4.69, 9.17) is 0 Å². The van der Waals surface area contributed by atoms with E-state index in [1.807, 2.05) is 0 Å².